The summed E-state index contributed by atoms with van der Waals surface area (Å²) in [5, 5.41) is 15.0. The molecule has 0 aromatic rings. The van der Waals surface area contributed by atoms with Gasteiger partial charge in [-0.3, -0.25) is 9.59 Å². The second-order valence-corrected chi connectivity index (χ2v) is 6.17. The highest BCUT2D eigenvalue weighted by Gasteiger charge is 2.35. The van der Waals surface area contributed by atoms with Crippen LogP contribution in [0.15, 0.2) is 0 Å². The Morgan fingerprint density at radius 2 is 2.11 bits per heavy atom. The number of hydrogen-bond donors (Lipinski definition) is 3. The van der Waals surface area contributed by atoms with Gasteiger partial charge in [-0.05, 0) is 44.6 Å². The first kappa shape index (κ1) is 16.0. The van der Waals surface area contributed by atoms with Crippen LogP contribution in [-0.2, 0) is 9.59 Å². The van der Waals surface area contributed by atoms with Crippen LogP contribution in [0.3, 0.4) is 0 Å². The van der Waals surface area contributed by atoms with Crippen LogP contribution in [0.25, 0.3) is 0 Å². The number of nitrogens with one attached hydrogen (secondary N) is 2. The van der Waals surface area contributed by atoms with Crippen LogP contribution in [0.2, 0.25) is 0 Å². The number of hydrogen-bond acceptors (Lipinski definition) is 3. The number of aliphatic carboxylic acids is 1. The third-order valence-corrected chi connectivity index (χ3v) is 3.69. The predicted molar refractivity (Wildman–Crippen MR) is 73.8 cm³/mol. The van der Waals surface area contributed by atoms with Gasteiger partial charge in [-0.1, -0.05) is 13.8 Å². The predicted octanol–water partition coefficient (Wildman–Crippen LogP) is 1.38. The number of carbonyl (C=O) groups excluding carboxylic acids is 1. The largest absolute Gasteiger partial charge is 0.481 e. The SMILES string of the molecule is CC(C)CC(CNC(=O)C1(C)CCCN1)CC(=O)O. The Morgan fingerprint density at radius 1 is 1.42 bits per heavy atom. The van der Waals surface area contributed by atoms with Gasteiger partial charge in [0.05, 0.1) is 5.54 Å². The molecule has 0 aromatic heterocycles. The molecule has 0 aliphatic carbocycles. The molecule has 5 heteroatoms. The number of rotatable bonds is 7. The van der Waals surface area contributed by atoms with E-state index in [0.29, 0.717) is 12.5 Å². The van der Waals surface area contributed by atoms with Crippen LogP contribution < -0.4 is 10.6 Å². The minimum absolute atomic E-state index is 0.00598. The van der Waals surface area contributed by atoms with Crippen molar-refractivity contribution < 1.29 is 14.7 Å². The molecule has 1 fully saturated rings. The van der Waals surface area contributed by atoms with Crippen LogP contribution in [0.5, 0.6) is 0 Å². The van der Waals surface area contributed by atoms with Crippen molar-refractivity contribution in [2.75, 3.05) is 13.1 Å². The lowest BCUT2D eigenvalue weighted by Gasteiger charge is -2.25. The number of carboxylic acid groups (broad SMARTS) is 1. The quantitative estimate of drug-likeness (QED) is 0.653. The topological polar surface area (TPSA) is 78.4 Å². The fourth-order valence-electron chi connectivity index (χ4n) is 2.67. The summed E-state index contributed by atoms with van der Waals surface area (Å²) in [5.74, 6) is -0.373. The highest BCUT2D eigenvalue weighted by atomic mass is 16.4. The van der Waals surface area contributed by atoms with Crippen molar-refractivity contribution in [2.45, 2.75) is 52.0 Å². The van der Waals surface area contributed by atoms with Crippen molar-refractivity contribution in [3.05, 3.63) is 0 Å². The van der Waals surface area contributed by atoms with Gasteiger partial charge < -0.3 is 15.7 Å². The molecule has 1 saturated heterocycles. The summed E-state index contributed by atoms with van der Waals surface area (Å²) in [6.07, 6.45) is 2.78. The average Bonchev–Trinajstić information content (AvgIpc) is 2.72. The minimum Gasteiger partial charge on any atom is -0.481 e. The van der Waals surface area contributed by atoms with Crippen molar-refractivity contribution in [3.63, 3.8) is 0 Å². The fraction of sp³-hybridized carbons (Fsp3) is 0.857. The Bertz CT molecular complexity index is 323. The van der Waals surface area contributed by atoms with E-state index in [1.165, 1.54) is 0 Å². The molecule has 2 atom stereocenters. The van der Waals surface area contributed by atoms with Gasteiger partial charge in [0.2, 0.25) is 5.91 Å². The summed E-state index contributed by atoms with van der Waals surface area (Å²) in [6, 6.07) is 0. The molecule has 3 N–H and O–H groups in total. The van der Waals surface area contributed by atoms with Gasteiger partial charge >= 0.3 is 5.97 Å². The monoisotopic (exact) mass is 270 g/mol. The lowest BCUT2D eigenvalue weighted by Crippen LogP contribution is -2.52. The van der Waals surface area contributed by atoms with E-state index < -0.39 is 11.5 Å². The smallest absolute Gasteiger partial charge is 0.303 e. The van der Waals surface area contributed by atoms with Crippen molar-refractivity contribution >= 4 is 11.9 Å². The molecule has 0 aromatic carbocycles. The summed E-state index contributed by atoms with van der Waals surface area (Å²) >= 11 is 0. The highest BCUT2D eigenvalue weighted by molar-refractivity contribution is 5.86. The maximum Gasteiger partial charge on any atom is 0.303 e. The van der Waals surface area contributed by atoms with E-state index in [1.54, 1.807) is 0 Å². The van der Waals surface area contributed by atoms with Gasteiger partial charge in [0, 0.05) is 13.0 Å². The molecule has 110 valence electrons. The van der Waals surface area contributed by atoms with Gasteiger partial charge in [0.25, 0.3) is 0 Å². The average molecular weight is 270 g/mol. The first-order chi connectivity index (χ1) is 8.83. The highest BCUT2D eigenvalue weighted by Crippen LogP contribution is 2.19. The van der Waals surface area contributed by atoms with Crippen molar-refractivity contribution in [1.82, 2.24) is 10.6 Å². The Hall–Kier alpha value is -1.10. The number of amides is 1. The van der Waals surface area contributed by atoms with Crippen LogP contribution >= 0.6 is 0 Å². The molecule has 0 spiro atoms. The van der Waals surface area contributed by atoms with E-state index in [9.17, 15) is 9.59 Å². The molecule has 0 radical (unpaired) electrons. The molecule has 1 aliphatic rings. The standard InChI is InChI=1S/C14H26N2O3/c1-10(2)7-11(8-12(17)18)9-15-13(19)14(3)5-4-6-16-14/h10-11,16H,4-9H2,1-3H3,(H,15,19)(H,17,18). The lowest BCUT2D eigenvalue weighted by atomic mass is 9.93. The third-order valence-electron chi connectivity index (χ3n) is 3.69. The van der Waals surface area contributed by atoms with Gasteiger partial charge in [-0.25, -0.2) is 0 Å². The van der Waals surface area contributed by atoms with E-state index in [4.69, 9.17) is 5.11 Å². The van der Waals surface area contributed by atoms with Crippen LogP contribution in [0.4, 0.5) is 0 Å². The molecule has 1 amide bonds. The Morgan fingerprint density at radius 3 is 2.58 bits per heavy atom. The lowest BCUT2D eigenvalue weighted by molar-refractivity contribution is -0.138. The van der Waals surface area contributed by atoms with Crippen molar-refractivity contribution in [3.8, 4) is 0 Å². The first-order valence-electron chi connectivity index (χ1n) is 7.08. The summed E-state index contributed by atoms with van der Waals surface area (Å²) < 4.78 is 0. The molecular weight excluding hydrogens is 244 g/mol. The summed E-state index contributed by atoms with van der Waals surface area (Å²) in [4.78, 5) is 23.0. The molecule has 2 unspecified atom stereocenters. The normalized spacial score (nSPS) is 24.4. The van der Waals surface area contributed by atoms with Gasteiger partial charge in [0.15, 0.2) is 0 Å². The molecule has 0 bridgehead atoms. The van der Waals surface area contributed by atoms with Gasteiger partial charge in [-0.15, -0.1) is 0 Å². The number of carbonyl (C=O) groups is 2. The fourth-order valence-corrected chi connectivity index (χ4v) is 2.67. The van der Waals surface area contributed by atoms with E-state index in [1.807, 2.05) is 6.92 Å². The second-order valence-electron chi connectivity index (χ2n) is 6.17. The van der Waals surface area contributed by atoms with E-state index in [-0.39, 0.29) is 18.2 Å². The van der Waals surface area contributed by atoms with Crippen molar-refractivity contribution in [2.24, 2.45) is 11.8 Å². The zero-order chi connectivity index (χ0) is 14.5. The van der Waals surface area contributed by atoms with Crippen LogP contribution in [0, 0.1) is 11.8 Å². The van der Waals surface area contributed by atoms with E-state index >= 15 is 0 Å². The maximum atomic E-state index is 12.1. The summed E-state index contributed by atoms with van der Waals surface area (Å²) in [7, 11) is 0. The summed E-state index contributed by atoms with van der Waals surface area (Å²) in [5.41, 5.74) is -0.481. The molecular formula is C14H26N2O3. The minimum atomic E-state index is -0.801. The Kier molecular flexibility index (Phi) is 5.79. The molecule has 5 nitrogen and oxygen atoms in total. The third kappa shape index (κ3) is 5.19. The second kappa shape index (κ2) is 6.89. The zero-order valence-electron chi connectivity index (χ0n) is 12.2. The van der Waals surface area contributed by atoms with E-state index in [0.717, 1.165) is 25.8 Å². The molecule has 1 rings (SSSR count). The first-order valence-corrected chi connectivity index (χ1v) is 7.08. The molecule has 1 aliphatic heterocycles. The van der Waals surface area contributed by atoms with Gasteiger partial charge in [0.1, 0.15) is 0 Å². The zero-order valence-corrected chi connectivity index (χ0v) is 12.2. The molecule has 0 saturated carbocycles. The molecule has 1 heterocycles. The van der Waals surface area contributed by atoms with Crippen LogP contribution in [-0.4, -0.2) is 35.6 Å². The molecule has 19 heavy (non-hydrogen) atoms. The maximum absolute atomic E-state index is 12.1. The van der Waals surface area contributed by atoms with Crippen LogP contribution in [0.1, 0.15) is 46.5 Å². The number of carboxylic acids is 1. The Balaban J connectivity index is 2.46. The van der Waals surface area contributed by atoms with Gasteiger partial charge in [-0.2, -0.15) is 0 Å². The Labute approximate surface area is 115 Å². The van der Waals surface area contributed by atoms with E-state index in [2.05, 4.69) is 24.5 Å². The summed E-state index contributed by atoms with van der Waals surface area (Å²) in [6.45, 7) is 7.35. The van der Waals surface area contributed by atoms with Crippen molar-refractivity contribution in [1.29, 1.82) is 0 Å².